The van der Waals surface area contributed by atoms with Crippen molar-refractivity contribution < 1.29 is 14.2 Å². The molecule has 0 amide bonds. The summed E-state index contributed by atoms with van der Waals surface area (Å²) in [5.74, 6) is 2.97. The molecule has 0 fully saturated rings. The van der Waals surface area contributed by atoms with E-state index in [0.717, 1.165) is 30.6 Å². The zero-order valence-corrected chi connectivity index (χ0v) is 15.3. The van der Waals surface area contributed by atoms with Crippen LogP contribution in [0.4, 0.5) is 0 Å². The maximum absolute atomic E-state index is 5.68. The van der Waals surface area contributed by atoms with Gasteiger partial charge in [-0.2, -0.15) is 0 Å². The van der Waals surface area contributed by atoms with Gasteiger partial charge in [0.1, 0.15) is 18.1 Å². The Morgan fingerprint density at radius 3 is 2.42 bits per heavy atom. The number of hydrogen-bond donors (Lipinski definition) is 2. The molecule has 0 spiro atoms. The number of benzene rings is 1. The third kappa shape index (κ3) is 9.25. The van der Waals surface area contributed by atoms with Gasteiger partial charge in [0.2, 0.25) is 0 Å². The smallest absolute Gasteiger partial charge is 0.191 e. The van der Waals surface area contributed by atoms with Gasteiger partial charge in [0.15, 0.2) is 5.96 Å². The second-order valence-corrected chi connectivity index (χ2v) is 5.68. The molecule has 6 nitrogen and oxygen atoms in total. The molecule has 1 aromatic rings. The summed E-state index contributed by atoms with van der Waals surface area (Å²) in [6.07, 6.45) is 0. The van der Waals surface area contributed by atoms with Crippen molar-refractivity contribution in [3.8, 4) is 11.5 Å². The molecule has 24 heavy (non-hydrogen) atoms. The van der Waals surface area contributed by atoms with Gasteiger partial charge < -0.3 is 24.8 Å². The molecule has 136 valence electrons. The van der Waals surface area contributed by atoms with Crippen molar-refractivity contribution in [3.05, 3.63) is 24.3 Å². The van der Waals surface area contributed by atoms with Gasteiger partial charge in [-0.15, -0.1) is 0 Å². The first kappa shape index (κ1) is 20.1. The highest BCUT2D eigenvalue weighted by Crippen LogP contribution is 2.16. The Labute approximate surface area is 145 Å². The normalized spacial score (nSPS) is 11.5. The van der Waals surface area contributed by atoms with Crippen molar-refractivity contribution in [1.82, 2.24) is 10.6 Å². The maximum Gasteiger partial charge on any atom is 0.191 e. The van der Waals surface area contributed by atoms with Gasteiger partial charge in [-0.3, -0.25) is 4.99 Å². The standard InChI is InChI=1S/C18H31N3O3/c1-5-19-18(20-10-12-23-14-15(2)3)21-11-13-24-17-8-6-16(22-4)7-9-17/h6-9,15H,5,10-14H2,1-4H3,(H2,19,20,21). The number of guanidine groups is 1. The average Bonchev–Trinajstić information content (AvgIpc) is 2.58. The molecule has 0 unspecified atom stereocenters. The first-order valence-electron chi connectivity index (χ1n) is 8.52. The van der Waals surface area contributed by atoms with Crippen LogP contribution in [0.15, 0.2) is 29.3 Å². The number of ether oxygens (including phenoxy) is 3. The van der Waals surface area contributed by atoms with Crippen molar-refractivity contribution in [1.29, 1.82) is 0 Å². The average molecular weight is 337 g/mol. The van der Waals surface area contributed by atoms with Gasteiger partial charge in [-0.05, 0) is 37.1 Å². The van der Waals surface area contributed by atoms with Crippen LogP contribution in [0.25, 0.3) is 0 Å². The molecule has 0 atom stereocenters. The molecule has 0 aromatic heterocycles. The summed E-state index contributed by atoms with van der Waals surface area (Å²) >= 11 is 0. The van der Waals surface area contributed by atoms with Crippen LogP contribution in [0.3, 0.4) is 0 Å². The van der Waals surface area contributed by atoms with Crippen LogP contribution in [0.1, 0.15) is 20.8 Å². The summed E-state index contributed by atoms with van der Waals surface area (Å²) in [7, 11) is 1.65. The minimum atomic E-state index is 0.551. The van der Waals surface area contributed by atoms with Gasteiger partial charge >= 0.3 is 0 Å². The van der Waals surface area contributed by atoms with Gasteiger partial charge in [-0.25, -0.2) is 0 Å². The van der Waals surface area contributed by atoms with Crippen molar-refractivity contribution in [3.63, 3.8) is 0 Å². The molecule has 1 rings (SSSR count). The van der Waals surface area contributed by atoms with Crippen LogP contribution in [-0.2, 0) is 4.74 Å². The summed E-state index contributed by atoms with van der Waals surface area (Å²) in [4.78, 5) is 4.47. The predicted molar refractivity (Wildman–Crippen MR) is 98.1 cm³/mol. The number of hydrogen-bond acceptors (Lipinski definition) is 4. The lowest BCUT2D eigenvalue weighted by Crippen LogP contribution is -2.39. The lowest BCUT2D eigenvalue weighted by atomic mass is 10.2. The zero-order chi connectivity index (χ0) is 17.6. The molecule has 0 bridgehead atoms. The Hall–Kier alpha value is -1.95. The second-order valence-electron chi connectivity index (χ2n) is 5.68. The van der Waals surface area contributed by atoms with Crippen LogP contribution in [0.5, 0.6) is 11.5 Å². The van der Waals surface area contributed by atoms with Crippen molar-refractivity contribution in [2.24, 2.45) is 10.9 Å². The van der Waals surface area contributed by atoms with Crippen molar-refractivity contribution in [2.45, 2.75) is 20.8 Å². The first-order valence-corrected chi connectivity index (χ1v) is 8.52. The molecule has 0 aliphatic heterocycles. The van der Waals surface area contributed by atoms with Gasteiger partial charge in [0.05, 0.1) is 26.8 Å². The largest absolute Gasteiger partial charge is 0.497 e. The van der Waals surface area contributed by atoms with Crippen molar-refractivity contribution in [2.75, 3.05) is 46.6 Å². The van der Waals surface area contributed by atoms with E-state index >= 15 is 0 Å². The number of methoxy groups -OCH3 is 1. The molecular weight excluding hydrogens is 306 g/mol. The molecule has 0 radical (unpaired) electrons. The van der Waals surface area contributed by atoms with E-state index in [1.807, 2.05) is 31.2 Å². The van der Waals surface area contributed by atoms with E-state index < -0.39 is 0 Å². The highest BCUT2D eigenvalue weighted by molar-refractivity contribution is 5.79. The van der Waals surface area contributed by atoms with E-state index in [4.69, 9.17) is 14.2 Å². The van der Waals surface area contributed by atoms with E-state index in [1.54, 1.807) is 7.11 Å². The van der Waals surface area contributed by atoms with Gasteiger partial charge in [-0.1, -0.05) is 13.8 Å². The van der Waals surface area contributed by atoms with E-state index in [-0.39, 0.29) is 0 Å². The lowest BCUT2D eigenvalue weighted by Gasteiger charge is -2.12. The Balaban J connectivity index is 2.24. The van der Waals surface area contributed by atoms with Crippen LogP contribution < -0.4 is 20.1 Å². The van der Waals surface area contributed by atoms with E-state index in [9.17, 15) is 0 Å². The molecule has 0 saturated heterocycles. The summed E-state index contributed by atoms with van der Waals surface area (Å²) in [6, 6.07) is 7.55. The molecule has 1 aromatic carbocycles. The zero-order valence-electron chi connectivity index (χ0n) is 15.3. The minimum Gasteiger partial charge on any atom is -0.497 e. The quantitative estimate of drug-likeness (QED) is 0.368. The summed E-state index contributed by atoms with van der Waals surface area (Å²) in [5, 5.41) is 6.45. The number of aliphatic imine (C=N–C) groups is 1. The lowest BCUT2D eigenvalue weighted by molar-refractivity contribution is 0.117. The molecule has 0 heterocycles. The van der Waals surface area contributed by atoms with Gasteiger partial charge in [0.25, 0.3) is 0 Å². The van der Waals surface area contributed by atoms with Crippen LogP contribution in [0.2, 0.25) is 0 Å². The SMILES string of the molecule is CCNC(=NCCOCC(C)C)NCCOc1ccc(OC)cc1. The summed E-state index contributed by atoms with van der Waals surface area (Å²) in [5.41, 5.74) is 0. The molecule has 0 aliphatic carbocycles. The molecular formula is C18H31N3O3. The maximum atomic E-state index is 5.68. The predicted octanol–water partition coefficient (Wildman–Crippen LogP) is 2.30. The molecule has 2 N–H and O–H groups in total. The first-order chi connectivity index (χ1) is 11.7. The number of rotatable bonds is 11. The second kappa shape index (κ2) is 12.5. The van der Waals surface area contributed by atoms with Crippen molar-refractivity contribution >= 4 is 5.96 Å². The minimum absolute atomic E-state index is 0.551. The van der Waals surface area contributed by atoms with Gasteiger partial charge in [0, 0.05) is 13.2 Å². The topological polar surface area (TPSA) is 64.1 Å². The van der Waals surface area contributed by atoms with Crippen LogP contribution in [0, 0.1) is 5.92 Å². The van der Waals surface area contributed by atoms with Crippen LogP contribution >= 0.6 is 0 Å². The summed E-state index contributed by atoms with van der Waals surface area (Å²) < 4.78 is 16.3. The van der Waals surface area contributed by atoms with E-state index in [1.165, 1.54) is 0 Å². The molecule has 0 saturated carbocycles. The van der Waals surface area contributed by atoms with E-state index in [2.05, 4.69) is 29.5 Å². The third-order valence-electron chi connectivity index (χ3n) is 3.02. The Kier molecular flexibility index (Phi) is 10.4. The van der Waals surface area contributed by atoms with E-state index in [0.29, 0.717) is 32.2 Å². The monoisotopic (exact) mass is 337 g/mol. The highest BCUT2D eigenvalue weighted by atomic mass is 16.5. The number of nitrogens with zero attached hydrogens (tertiary/aromatic N) is 1. The fraction of sp³-hybridized carbons (Fsp3) is 0.611. The fourth-order valence-electron chi connectivity index (χ4n) is 1.89. The molecule has 0 aliphatic rings. The van der Waals surface area contributed by atoms with Crippen LogP contribution in [-0.4, -0.2) is 52.5 Å². The Morgan fingerprint density at radius 2 is 1.79 bits per heavy atom. The Morgan fingerprint density at radius 1 is 1.08 bits per heavy atom. The highest BCUT2D eigenvalue weighted by Gasteiger charge is 1.99. The molecule has 6 heteroatoms. The Bertz CT molecular complexity index is 461. The summed E-state index contributed by atoms with van der Waals surface area (Å²) in [6.45, 7) is 10.4. The third-order valence-corrected chi connectivity index (χ3v) is 3.02. The number of nitrogens with one attached hydrogen (secondary N) is 2. The fourth-order valence-corrected chi connectivity index (χ4v) is 1.89.